The summed E-state index contributed by atoms with van der Waals surface area (Å²) in [5, 5.41) is 15.9. The van der Waals surface area contributed by atoms with Gasteiger partial charge in [-0.05, 0) is 29.8 Å². The summed E-state index contributed by atoms with van der Waals surface area (Å²) in [6.07, 6.45) is 0.159. The van der Waals surface area contributed by atoms with Gasteiger partial charge < -0.3 is 21.5 Å². The molecule has 1 aliphatic heterocycles. The van der Waals surface area contributed by atoms with Crippen LogP contribution in [0.1, 0.15) is 33.9 Å². The number of carboxylic acid groups (broad SMARTS) is 1. The first kappa shape index (κ1) is 21.3. The summed E-state index contributed by atoms with van der Waals surface area (Å²) in [6, 6.07) is 8.70. The number of carboxylic acids is 1. The second-order valence-corrected chi connectivity index (χ2v) is 6.89. The van der Waals surface area contributed by atoms with Gasteiger partial charge in [-0.1, -0.05) is 35.3 Å². The van der Waals surface area contributed by atoms with Gasteiger partial charge in [-0.25, -0.2) is 4.79 Å². The first-order chi connectivity index (χ1) is 12.4. The molecule has 2 aromatic carbocycles. The van der Waals surface area contributed by atoms with Crippen molar-refractivity contribution in [2.24, 2.45) is 5.73 Å². The first-order valence-electron chi connectivity index (χ1n) is 7.97. The van der Waals surface area contributed by atoms with Crippen molar-refractivity contribution in [2.75, 3.05) is 5.32 Å². The predicted octanol–water partition coefficient (Wildman–Crippen LogP) is 3.61. The summed E-state index contributed by atoms with van der Waals surface area (Å²) >= 11 is 12.3. The third-order valence-electron chi connectivity index (χ3n) is 4.27. The van der Waals surface area contributed by atoms with Crippen molar-refractivity contribution in [3.05, 3.63) is 63.1 Å². The fourth-order valence-corrected chi connectivity index (χ4v) is 3.66. The summed E-state index contributed by atoms with van der Waals surface area (Å²) < 4.78 is 0. The van der Waals surface area contributed by atoms with E-state index in [2.05, 4.69) is 10.6 Å². The molecule has 6 nitrogen and oxygen atoms in total. The molecule has 5 N–H and O–H groups in total. The van der Waals surface area contributed by atoms with Crippen LogP contribution in [-0.4, -0.2) is 23.0 Å². The molecule has 9 heteroatoms. The molecule has 27 heavy (non-hydrogen) atoms. The van der Waals surface area contributed by atoms with Crippen LogP contribution in [0.2, 0.25) is 10.0 Å². The Bertz CT molecular complexity index is 876. The number of rotatable bonds is 4. The fraction of sp³-hybridized carbons (Fsp3) is 0.222. The lowest BCUT2D eigenvalue weighted by molar-refractivity contribution is -0.138. The molecule has 0 saturated carbocycles. The number of benzene rings is 2. The number of aliphatic carboxylic acids is 1. The molecule has 0 aliphatic carbocycles. The molecule has 0 fully saturated rings. The molecular weight excluding hydrogens is 413 g/mol. The Labute approximate surface area is 172 Å². The van der Waals surface area contributed by atoms with Crippen LogP contribution in [0, 0.1) is 0 Å². The Morgan fingerprint density at radius 1 is 1.26 bits per heavy atom. The van der Waals surface area contributed by atoms with Crippen LogP contribution in [0.3, 0.4) is 0 Å². The zero-order valence-electron chi connectivity index (χ0n) is 14.0. The zero-order chi connectivity index (χ0) is 18.8. The number of fused-ring (bicyclic) bond motifs is 1. The highest BCUT2D eigenvalue weighted by Crippen LogP contribution is 2.40. The maximum absolute atomic E-state index is 12.7. The number of carbonyl (C=O) groups excluding carboxylic acids is 1. The van der Waals surface area contributed by atoms with Crippen LogP contribution in [-0.2, 0) is 11.3 Å². The lowest BCUT2D eigenvalue weighted by Crippen LogP contribution is -2.41. The average molecular weight is 431 g/mol. The number of hydrogen-bond acceptors (Lipinski definition) is 4. The van der Waals surface area contributed by atoms with Gasteiger partial charge in [0.25, 0.3) is 5.91 Å². The number of halogens is 3. The van der Waals surface area contributed by atoms with Gasteiger partial charge in [-0.2, -0.15) is 0 Å². The number of nitrogens with one attached hydrogen (secondary N) is 2. The molecule has 0 spiro atoms. The second-order valence-electron chi connectivity index (χ2n) is 6.05. The average Bonchev–Trinajstić information content (AvgIpc) is 2.60. The minimum Gasteiger partial charge on any atom is -0.480 e. The summed E-state index contributed by atoms with van der Waals surface area (Å²) in [7, 11) is 0. The Kier molecular flexibility index (Phi) is 6.95. The molecule has 1 amide bonds. The standard InChI is InChI=1S/C18H17Cl2N3O3.ClH/c19-11-5-12(20)16-13(6-11)22-15(18(25)26)7-14(16)23-17(24)10-3-1-2-9(4-10)8-21;/h1-6,14-15,22H,7-8,21H2,(H,23,24)(H,25,26);1H. The number of carbonyl (C=O) groups is 2. The summed E-state index contributed by atoms with van der Waals surface area (Å²) in [5.74, 6) is -1.34. The molecule has 1 heterocycles. The van der Waals surface area contributed by atoms with E-state index in [0.29, 0.717) is 33.4 Å². The Hall–Kier alpha value is -1.99. The quantitative estimate of drug-likeness (QED) is 0.593. The highest BCUT2D eigenvalue weighted by molar-refractivity contribution is 6.35. The maximum atomic E-state index is 12.7. The van der Waals surface area contributed by atoms with Gasteiger partial charge >= 0.3 is 5.97 Å². The minimum atomic E-state index is -1.02. The van der Waals surface area contributed by atoms with E-state index >= 15 is 0 Å². The van der Waals surface area contributed by atoms with E-state index in [0.717, 1.165) is 5.56 Å². The Balaban J connectivity index is 0.00000261. The van der Waals surface area contributed by atoms with Gasteiger partial charge in [-0.15, -0.1) is 12.4 Å². The number of amides is 1. The van der Waals surface area contributed by atoms with Gasteiger partial charge in [0, 0.05) is 39.8 Å². The molecule has 144 valence electrons. The third kappa shape index (κ3) is 4.65. The SMILES string of the molecule is Cl.NCc1cccc(C(=O)NC2CC(C(=O)O)Nc3cc(Cl)cc(Cl)c32)c1. The summed E-state index contributed by atoms with van der Waals surface area (Å²) in [5.41, 5.74) is 8.02. The molecule has 0 radical (unpaired) electrons. The molecular formula is C18H18Cl3N3O3. The summed E-state index contributed by atoms with van der Waals surface area (Å²) in [6.45, 7) is 0.322. The van der Waals surface area contributed by atoms with Crippen LogP contribution in [0.5, 0.6) is 0 Å². The van der Waals surface area contributed by atoms with Crippen molar-refractivity contribution in [1.29, 1.82) is 0 Å². The van der Waals surface area contributed by atoms with E-state index in [4.69, 9.17) is 28.9 Å². The zero-order valence-corrected chi connectivity index (χ0v) is 16.4. The first-order valence-corrected chi connectivity index (χ1v) is 8.72. The normalized spacial score (nSPS) is 17.9. The topological polar surface area (TPSA) is 104 Å². The largest absolute Gasteiger partial charge is 0.480 e. The van der Waals surface area contributed by atoms with Crippen LogP contribution < -0.4 is 16.4 Å². The number of hydrogen-bond donors (Lipinski definition) is 4. The number of anilines is 1. The molecule has 0 bridgehead atoms. The van der Waals surface area contributed by atoms with Crippen molar-refractivity contribution in [3.63, 3.8) is 0 Å². The molecule has 2 aromatic rings. The van der Waals surface area contributed by atoms with Crippen LogP contribution in [0.4, 0.5) is 5.69 Å². The van der Waals surface area contributed by atoms with Gasteiger partial charge in [0.15, 0.2) is 0 Å². The smallest absolute Gasteiger partial charge is 0.326 e. The molecule has 1 aliphatic rings. The Morgan fingerprint density at radius 2 is 2.00 bits per heavy atom. The van der Waals surface area contributed by atoms with Crippen LogP contribution in [0.25, 0.3) is 0 Å². The highest BCUT2D eigenvalue weighted by atomic mass is 35.5. The fourth-order valence-electron chi connectivity index (χ4n) is 3.03. The van der Waals surface area contributed by atoms with Gasteiger partial charge in [0.1, 0.15) is 6.04 Å². The van der Waals surface area contributed by atoms with Gasteiger partial charge in [0.2, 0.25) is 0 Å². The van der Waals surface area contributed by atoms with E-state index in [1.807, 2.05) is 6.07 Å². The van der Waals surface area contributed by atoms with Crippen molar-refractivity contribution in [1.82, 2.24) is 5.32 Å². The monoisotopic (exact) mass is 429 g/mol. The Morgan fingerprint density at radius 3 is 2.67 bits per heavy atom. The predicted molar refractivity (Wildman–Crippen MR) is 108 cm³/mol. The summed E-state index contributed by atoms with van der Waals surface area (Å²) in [4.78, 5) is 24.1. The van der Waals surface area contributed by atoms with Crippen LogP contribution >= 0.6 is 35.6 Å². The molecule has 0 aromatic heterocycles. The van der Waals surface area contributed by atoms with Crippen molar-refractivity contribution in [3.8, 4) is 0 Å². The molecule has 2 unspecified atom stereocenters. The minimum absolute atomic E-state index is 0. The van der Waals surface area contributed by atoms with E-state index in [1.54, 1.807) is 30.3 Å². The van der Waals surface area contributed by atoms with E-state index in [9.17, 15) is 14.7 Å². The second kappa shape index (κ2) is 8.80. The van der Waals surface area contributed by atoms with E-state index < -0.39 is 18.1 Å². The number of nitrogens with two attached hydrogens (primary N) is 1. The van der Waals surface area contributed by atoms with Crippen molar-refractivity contribution >= 4 is 53.2 Å². The lowest BCUT2D eigenvalue weighted by atomic mass is 9.92. The van der Waals surface area contributed by atoms with Crippen LogP contribution in [0.15, 0.2) is 36.4 Å². The van der Waals surface area contributed by atoms with Crippen molar-refractivity contribution in [2.45, 2.75) is 25.0 Å². The maximum Gasteiger partial charge on any atom is 0.326 e. The van der Waals surface area contributed by atoms with Crippen molar-refractivity contribution < 1.29 is 14.7 Å². The molecule has 3 rings (SSSR count). The van der Waals surface area contributed by atoms with Gasteiger partial charge in [-0.3, -0.25) is 4.79 Å². The third-order valence-corrected chi connectivity index (χ3v) is 4.80. The highest BCUT2D eigenvalue weighted by Gasteiger charge is 2.33. The van der Waals surface area contributed by atoms with E-state index in [1.165, 1.54) is 0 Å². The van der Waals surface area contributed by atoms with E-state index in [-0.39, 0.29) is 24.7 Å². The van der Waals surface area contributed by atoms with Gasteiger partial charge in [0.05, 0.1) is 6.04 Å². The molecule has 0 saturated heterocycles. The molecule has 2 atom stereocenters. The lowest BCUT2D eigenvalue weighted by Gasteiger charge is -2.32.